The van der Waals surface area contributed by atoms with Crippen LogP contribution in [0.1, 0.15) is 52.3 Å². The van der Waals surface area contributed by atoms with Gasteiger partial charge in [0.05, 0.1) is 5.69 Å². The number of aryl methyl sites for hydroxylation is 4. The maximum Gasteiger partial charge on any atom is 0.331 e. The molecule has 5 heteroatoms. The lowest BCUT2D eigenvalue weighted by molar-refractivity contribution is -0.136. The van der Waals surface area contributed by atoms with E-state index in [1.54, 1.807) is 10.8 Å². The third-order valence-corrected chi connectivity index (χ3v) is 4.56. The van der Waals surface area contributed by atoms with E-state index in [0.717, 1.165) is 40.9 Å². The number of ketones is 1. The highest BCUT2D eigenvalue weighted by Crippen LogP contribution is 2.16. The van der Waals surface area contributed by atoms with Crippen LogP contribution >= 0.6 is 0 Å². The van der Waals surface area contributed by atoms with Gasteiger partial charge in [0.15, 0.2) is 6.61 Å². The first-order valence-corrected chi connectivity index (χ1v) is 8.87. The molecule has 0 aliphatic carbocycles. The predicted molar refractivity (Wildman–Crippen MR) is 102 cm³/mol. The van der Waals surface area contributed by atoms with E-state index in [1.807, 2.05) is 52.9 Å². The topological polar surface area (TPSA) is 61.2 Å². The lowest BCUT2D eigenvalue weighted by Crippen LogP contribution is -2.14. The van der Waals surface area contributed by atoms with E-state index < -0.39 is 5.97 Å². The van der Waals surface area contributed by atoms with Crippen LogP contribution in [0.25, 0.3) is 6.08 Å². The van der Waals surface area contributed by atoms with Crippen LogP contribution in [0.15, 0.2) is 24.3 Å². The average Bonchev–Trinajstić information content (AvgIpc) is 2.89. The van der Waals surface area contributed by atoms with Crippen molar-refractivity contribution >= 4 is 17.8 Å². The Labute approximate surface area is 154 Å². The summed E-state index contributed by atoms with van der Waals surface area (Å²) in [5, 5.41) is 4.30. The zero-order valence-corrected chi connectivity index (χ0v) is 16.1. The average molecular weight is 354 g/mol. The molecule has 0 aliphatic heterocycles. The molecule has 0 spiro atoms. The van der Waals surface area contributed by atoms with Crippen LogP contribution in [-0.2, 0) is 29.4 Å². The van der Waals surface area contributed by atoms with Gasteiger partial charge in [0.1, 0.15) is 0 Å². The number of Topliss-reactive ketones (excluding diaryl/α,β-unsaturated/α-hetero) is 1. The monoisotopic (exact) mass is 354 g/mol. The third kappa shape index (κ3) is 4.48. The molecule has 0 atom stereocenters. The van der Waals surface area contributed by atoms with Gasteiger partial charge in [0.25, 0.3) is 0 Å². The molecule has 1 aromatic carbocycles. The summed E-state index contributed by atoms with van der Waals surface area (Å²) in [4.78, 5) is 24.4. The van der Waals surface area contributed by atoms with E-state index in [2.05, 4.69) is 5.10 Å². The van der Waals surface area contributed by atoms with Gasteiger partial charge in [-0.05, 0) is 50.0 Å². The maximum absolute atomic E-state index is 12.5. The summed E-state index contributed by atoms with van der Waals surface area (Å²) in [6.45, 7) is 7.61. The number of hydrogen-bond donors (Lipinski definition) is 0. The van der Waals surface area contributed by atoms with Crippen LogP contribution in [0.2, 0.25) is 0 Å². The highest BCUT2D eigenvalue weighted by molar-refractivity contribution is 6.00. The van der Waals surface area contributed by atoms with E-state index in [4.69, 9.17) is 4.74 Å². The molecule has 0 bridgehead atoms. The van der Waals surface area contributed by atoms with Crippen molar-refractivity contribution in [3.63, 3.8) is 0 Å². The number of carbonyl (C=O) groups excluding carboxylic acids is 2. The second kappa shape index (κ2) is 8.61. The van der Waals surface area contributed by atoms with Crippen molar-refractivity contribution in [1.29, 1.82) is 0 Å². The number of esters is 1. The van der Waals surface area contributed by atoms with E-state index in [0.29, 0.717) is 5.56 Å². The summed E-state index contributed by atoms with van der Waals surface area (Å²) in [7, 11) is 1.85. The highest BCUT2D eigenvalue weighted by atomic mass is 16.5. The molecule has 0 radical (unpaired) electrons. The van der Waals surface area contributed by atoms with Crippen molar-refractivity contribution in [1.82, 2.24) is 9.78 Å². The summed E-state index contributed by atoms with van der Waals surface area (Å²) in [6.07, 6.45) is 4.64. The van der Waals surface area contributed by atoms with Gasteiger partial charge in [-0.3, -0.25) is 9.48 Å². The molecule has 2 aromatic rings. The van der Waals surface area contributed by atoms with Gasteiger partial charge in [-0.15, -0.1) is 0 Å². The van der Waals surface area contributed by atoms with Crippen LogP contribution in [0.3, 0.4) is 0 Å². The third-order valence-electron chi connectivity index (χ3n) is 4.56. The molecule has 5 nitrogen and oxygen atoms in total. The van der Waals surface area contributed by atoms with Gasteiger partial charge in [-0.1, -0.05) is 26.0 Å². The number of hydrogen-bond acceptors (Lipinski definition) is 4. The van der Waals surface area contributed by atoms with Crippen LogP contribution < -0.4 is 0 Å². The summed E-state index contributed by atoms with van der Waals surface area (Å²) >= 11 is 0. The fourth-order valence-electron chi connectivity index (χ4n) is 2.86. The first-order chi connectivity index (χ1) is 12.4. The quantitative estimate of drug-likeness (QED) is 0.433. The summed E-state index contributed by atoms with van der Waals surface area (Å²) in [5.41, 5.74) is 5.41. The molecule has 0 amide bonds. The Bertz CT molecular complexity index is 847. The SMILES string of the molecule is CCc1ccc(CC)c(C(=O)COC(=O)/C=C/c2c(C)nn(C)c2C)c1. The summed E-state index contributed by atoms with van der Waals surface area (Å²) < 4.78 is 6.90. The standard InChI is InChI=1S/C21H26N2O3/c1-6-16-8-9-17(7-2)19(12-16)20(24)13-26-21(25)11-10-18-14(3)22-23(5)15(18)4/h8-12H,6-7,13H2,1-5H3/b11-10+. The normalized spacial score (nSPS) is 11.1. The second-order valence-electron chi connectivity index (χ2n) is 6.27. The molecule has 1 aromatic heterocycles. The molecule has 2 rings (SSSR count). The number of aromatic nitrogens is 2. The molecule has 0 fully saturated rings. The number of nitrogens with zero attached hydrogens (tertiary/aromatic N) is 2. The molecule has 138 valence electrons. The minimum Gasteiger partial charge on any atom is -0.454 e. The first kappa shape index (κ1) is 19.6. The van der Waals surface area contributed by atoms with Crippen molar-refractivity contribution < 1.29 is 14.3 Å². The van der Waals surface area contributed by atoms with Crippen LogP contribution in [-0.4, -0.2) is 28.1 Å². The van der Waals surface area contributed by atoms with E-state index in [-0.39, 0.29) is 12.4 Å². The van der Waals surface area contributed by atoms with Crippen LogP contribution in [0.5, 0.6) is 0 Å². The lowest BCUT2D eigenvalue weighted by Gasteiger charge is -2.09. The zero-order chi connectivity index (χ0) is 19.3. The number of rotatable bonds is 7. The van der Waals surface area contributed by atoms with Crippen molar-refractivity contribution in [3.05, 3.63) is 57.9 Å². The number of carbonyl (C=O) groups is 2. The van der Waals surface area contributed by atoms with Gasteiger partial charge >= 0.3 is 5.97 Å². The minimum absolute atomic E-state index is 0.173. The Morgan fingerprint density at radius 2 is 1.92 bits per heavy atom. The predicted octanol–water partition coefficient (Wildman–Crippen LogP) is 3.60. The Morgan fingerprint density at radius 3 is 2.50 bits per heavy atom. The van der Waals surface area contributed by atoms with Gasteiger partial charge in [0.2, 0.25) is 5.78 Å². The number of benzene rings is 1. The smallest absolute Gasteiger partial charge is 0.331 e. The van der Waals surface area contributed by atoms with Gasteiger partial charge in [-0.25, -0.2) is 4.79 Å². The van der Waals surface area contributed by atoms with Gasteiger partial charge in [0, 0.05) is 29.9 Å². The second-order valence-corrected chi connectivity index (χ2v) is 6.27. The fourth-order valence-corrected chi connectivity index (χ4v) is 2.86. The number of ether oxygens (including phenoxy) is 1. The highest BCUT2D eigenvalue weighted by Gasteiger charge is 2.13. The van der Waals surface area contributed by atoms with E-state index in [9.17, 15) is 9.59 Å². The molecule has 0 aliphatic rings. The van der Waals surface area contributed by atoms with Crippen molar-refractivity contribution in [2.24, 2.45) is 7.05 Å². The van der Waals surface area contributed by atoms with Gasteiger partial charge in [-0.2, -0.15) is 5.10 Å². The van der Waals surface area contributed by atoms with Crippen molar-refractivity contribution in [2.45, 2.75) is 40.5 Å². The molecular formula is C21H26N2O3. The molecule has 0 saturated heterocycles. The molecule has 0 N–H and O–H groups in total. The van der Waals surface area contributed by atoms with Crippen molar-refractivity contribution in [3.8, 4) is 0 Å². The summed E-state index contributed by atoms with van der Waals surface area (Å²) in [5.74, 6) is -0.710. The molecule has 0 saturated carbocycles. The summed E-state index contributed by atoms with van der Waals surface area (Å²) in [6, 6.07) is 5.90. The molecule has 1 heterocycles. The Kier molecular flexibility index (Phi) is 6.50. The van der Waals surface area contributed by atoms with E-state index >= 15 is 0 Å². The molecule has 0 unspecified atom stereocenters. The molecule has 26 heavy (non-hydrogen) atoms. The van der Waals surface area contributed by atoms with Gasteiger partial charge < -0.3 is 4.74 Å². The van der Waals surface area contributed by atoms with Crippen molar-refractivity contribution in [2.75, 3.05) is 6.61 Å². The first-order valence-electron chi connectivity index (χ1n) is 8.87. The Morgan fingerprint density at radius 1 is 1.19 bits per heavy atom. The zero-order valence-electron chi connectivity index (χ0n) is 16.1. The fraction of sp³-hybridized carbons (Fsp3) is 0.381. The minimum atomic E-state index is -0.536. The van der Waals surface area contributed by atoms with Crippen LogP contribution in [0.4, 0.5) is 0 Å². The molecular weight excluding hydrogens is 328 g/mol. The largest absolute Gasteiger partial charge is 0.454 e. The van der Waals surface area contributed by atoms with E-state index in [1.165, 1.54) is 6.08 Å². The Hall–Kier alpha value is -2.69. The van der Waals surface area contributed by atoms with Crippen LogP contribution in [0, 0.1) is 13.8 Å². The maximum atomic E-state index is 12.5. The lowest BCUT2D eigenvalue weighted by atomic mass is 9.98. The Balaban J connectivity index is 2.03.